The average Bonchev–Trinajstić information content (AvgIpc) is 2.85. The second-order valence-electron chi connectivity index (χ2n) is 5.42. The second kappa shape index (κ2) is 7.13. The van der Waals surface area contributed by atoms with Gasteiger partial charge >= 0.3 is 0 Å². The SMILES string of the molecule is CC(C)Oc1ccc2c(ccn2CCCCC(=O)NN)c1. The third-order valence-electron chi connectivity index (χ3n) is 3.33. The first-order valence-electron chi connectivity index (χ1n) is 7.35. The Balaban J connectivity index is 1.97. The summed E-state index contributed by atoms with van der Waals surface area (Å²) in [4.78, 5) is 11.1. The smallest absolute Gasteiger partial charge is 0.233 e. The van der Waals surface area contributed by atoms with Crippen LogP contribution in [0.3, 0.4) is 0 Å². The molecule has 114 valence electrons. The summed E-state index contributed by atoms with van der Waals surface area (Å²) in [7, 11) is 0. The zero-order chi connectivity index (χ0) is 15.2. The Morgan fingerprint density at radius 3 is 2.86 bits per heavy atom. The lowest BCUT2D eigenvalue weighted by Crippen LogP contribution is -2.29. The highest BCUT2D eigenvalue weighted by molar-refractivity contribution is 5.81. The Bertz CT molecular complexity index is 605. The van der Waals surface area contributed by atoms with Crippen molar-refractivity contribution in [1.82, 2.24) is 9.99 Å². The maximum atomic E-state index is 11.1. The van der Waals surface area contributed by atoms with Crippen LogP contribution in [0.4, 0.5) is 0 Å². The van der Waals surface area contributed by atoms with Gasteiger partial charge in [-0.05, 0) is 51.0 Å². The Labute approximate surface area is 125 Å². The predicted molar refractivity (Wildman–Crippen MR) is 83.9 cm³/mol. The van der Waals surface area contributed by atoms with E-state index in [4.69, 9.17) is 10.6 Å². The maximum Gasteiger partial charge on any atom is 0.233 e. The van der Waals surface area contributed by atoms with Crippen molar-refractivity contribution in [1.29, 1.82) is 0 Å². The van der Waals surface area contributed by atoms with Gasteiger partial charge in [0.05, 0.1) is 6.10 Å². The molecule has 0 radical (unpaired) electrons. The van der Waals surface area contributed by atoms with Crippen molar-refractivity contribution in [3.8, 4) is 5.75 Å². The predicted octanol–water partition coefficient (Wildman–Crippen LogP) is 2.59. The largest absolute Gasteiger partial charge is 0.491 e. The Hall–Kier alpha value is -2.01. The Kier molecular flexibility index (Phi) is 5.22. The van der Waals surface area contributed by atoms with E-state index < -0.39 is 0 Å². The molecule has 1 aromatic carbocycles. The van der Waals surface area contributed by atoms with Gasteiger partial charge in [-0.25, -0.2) is 5.84 Å². The third-order valence-corrected chi connectivity index (χ3v) is 3.33. The Morgan fingerprint density at radius 1 is 1.33 bits per heavy atom. The molecule has 0 aliphatic carbocycles. The molecule has 0 aliphatic rings. The normalized spacial score (nSPS) is 11.0. The fourth-order valence-corrected chi connectivity index (χ4v) is 2.36. The zero-order valence-electron chi connectivity index (χ0n) is 12.6. The number of nitrogens with zero attached hydrogens (tertiary/aromatic N) is 1. The standard InChI is InChI=1S/C16H23N3O2/c1-12(2)21-14-6-7-15-13(11-14)8-10-19(15)9-4-3-5-16(20)18-17/h6-8,10-12H,3-5,9,17H2,1-2H3,(H,18,20). The molecule has 1 heterocycles. The fourth-order valence-electron chi connectivity index (χ4n) is 2.36. The number of benzene rings is 1. The highest BCUT2D eigenvalue weighted by Crippen LogP contribution is 2.23. The molecule has 1 aromatic heterocycles. The molecule has 0 unspecified atom stereocenters. The average molecular weight is 289 g/mol. The second-order valence-corrected chi connectivity index (χ2v) is 5.42. The van der Waals surface area contributed by atoms with E-state index in [1.54, 1.807) is 0 Å². The number of unbranched alkanes of at least 4 members (excludes halogenated alkanes) is 1. The molecule has 3 N–H and O–H groups in total. The lowest BCUT2D eigenvalue weighted by molar-refractivity contribution is -0.121. The number of rotatable bonds is 7. The highest BCUT2D eigenvalue weighted by atomic mass is 16.5. The molecular weight excluding hydrogens is 266 g/mol. The van der Waals surface area contributed by atoms with Gasteiger partial charge in [0, 0.05) is 30.1 Å². The van der Waals surface area contributed by atoms with Crippen molar-refractivity contribution in [3.63, 3.8) is 0 Å². The van der Waals surface area contributed by atoms with Crippen LogP contribution in [0.5, 0.6) is 5.75 Å². The van der Waals surface area contributed by atoms with E-state index in [9.17, 15) is 4.79 Å². The van der Waals surface area contributed by atoms with E-state index in [0.717, 1.165) is 25.1 Å². The van der Waals surface area contributed by atoms with E-state index in [2.05, 4.69) is 34.4 Å². The number of amides is 1. The van der Waals surface area contributed by atoms with Gasteiger partial charge in [0.2, 0.25) is 5.91 Å². The number of hydrogen-bond donors (Lipinski definition) is 2. The number of hydrogen-bond acceptors (Lipinski definition) is 3. The minimum Gasteiger partial charge on any atom is -0.491 e. The molecule has 0 fully saturated rings. The van der Waals surface area contributed by atoms with E-state index in [1.807, 2.05) is 19.9 Å². The fraction of sp³-hybridized carbons (Fsp3) is 0.438. The van der Waals surface area contributed by atoms with Crippen molar-refractivity contribution < 1.29 is 9.53 Å². The van der Waals surface area contributed by atoms with Gasteiger partial charge in [0.1, 0.15) is 5.75 Å². The quantitative estimate of drug-likeness (QED) is 0.356. The first-order chi connectivity index (χ1) is 10.1. The monoisotopic (exact) mass is 289 g/mol. The lowest BCUT2D eigenvalue weighted by Gasteiger charge is -2.10. The molecule has 21 heavy (non-hydrogen) atoms. The number of carbonyl (C=O) groups excluding carboxylic acids is 1. The summed E-state index contributed by atoms with van der Waals surface area (Å²) < 4.78 is 7.91. The minimum atomic E-state index is -0.108. The molecular formula is C16H23N3O2. The van der Waals surface area contributed by atoms with E-state index in [-0.39, 0.29) is 12.0 Å². The van der Waals surface area contributed by atoms with E-state index in [0.29, 0.717) is 6.42 Å². The summed E-state index contributed by atoms with van der Waals surface area (Å²) >= 11 is 0. The van der Waals surface area contributed by atoms with Gasteiger partial charge in [0.25, 0.3) is 0 Å². The maximum absolute atomic E-state index is 11.1. The van der Waals surface area contributed by atoms with Crippen molar-refractivity contribution in [3.05, 3.63) is 30.5 Å². The summed E-state index contributed by atoms with van der Waals surface area (Å²) in [6.07, 6.45) is 4.51. The van der Waals surface area contributed by atoms with Crippen molar-refractivity contribution in [2.24, 2.45) is 5.84 Å². The first kappa shape index (κ1) is 15.4. The van der Waals surface area contributed by atoms with Crippen LogP contribution in [0.2, 0.25) is 0 Å². The number of aromatic nitrogens is 1. The van der Waals surface area contributed by atoms with E-state index >= 15 is 0 Å². The number of ether oxygens (including phenoxy) is 1. The van der Waals surface area contributed by atoms with Gasteiger partial charge in [-0.1, -0.05) is 0 Å². The molecule has 0 spiro atoms. The number of fused-ring (bicyclic) bond motifs is 1. The number of hydrazine groups is 1. The van der Waals surface area contributed by atoms with Crippen LogP contribution >= 0.6 is 0 Å². The van der Waals surface area contributed by atoms with E-state index in [1.165, 1.54) is 10.9 Å². The molecule has 0 aliphatic heterocycles. The van der Waals surface area contributed by atoms with Gasteiger partial charge in [0.15, 0.2) is 0 Å². The molecule has 2 rings (SSSR count). The van der Waals surface area contributed by atoms with Crippen LogP contribution in [0.1, 0.15) is 33.1 Å². The van der Waals surface area contributed by atoms with Crippen LogP contribution in [-0.2, 0) is 11.3 Å². The zero-order valence-corrected chi connectivity index (χ0v) is 12.6. The Morgan fingerprint density at radius 2 is 2.14 bits per heavy atom. The topological polar surface area (TPSA) is 69.3 Å². The molecule has 0 saturated carbocycles. The summed E-state index contributed by atoms with van der Waals surface area (Å²) in [5.41, 5.74) is 3.34. The summed E-state index contributed by atoms with van der Waals surface area (Å²) in [5.74, 6) is 5.84. The number of nitrogens with two attached hydrogens (primary N) is 1. The highest BCUT2D eigenvalue weighted by Gasteiger charge is 2.05. The van der Waals surface area contributed by atoms with Gasteiger partial charge in [-0.3, -0.25) is 10.2 Å². The van der Waals surface area contributed by atoms with Crippen LogP contribution in [0.15, 0.2) is 30.5 Å². The summed E-state index contributed by atoms with van der Waals surface area (Å²) in [6, 6.07) is 8.24. The summed E-state index contributed by atoms with van der Waals surface area (Å²) in [6.45, 7) is 4.94. The van der Waals surface area contributed by atoms with Crippen molar-refractivity contribution in [2.45, 2.75) is 45.8 Å². The molecule has 0 bridgehead atoms. The third kappa shape index (κ3) is 4.23. The lowest BCUT2D eigenvalue weighted by atomic mass is 10.2. The summed E-state index contributed by atoms with van der Waals surface area (Å²) in [5, 5.41) is 1.17. The molecule has 5 heteroatoms. The van der Waals surface area contributed by atoms with Crippen LogP contribution in [0.25, 0.3) is 10.9 Å². The van der Waals surface area contributed by atoms with Gasteiger partial charge < -0.3 is 9.30 Å². The van der Waals surface area contributed by atoms with Gasteiger partial charge in [-0.15, -0.1) is 0 Å². The minimum absolute atomic E-state index is 0.108. The van der Waals surface area contributed by atoms with Crippen molar-refractivity contribution in [2.75, 3.05) is 0 Å². The molecule has 5 nitrogen and oxygen atoms in total. The molecule has 1 amide bonds. The van der Waals surface area contributed by atoms with Gasteiger partial charge in [-0.2, -0.15) is 0 Å². The molecule has 0 atom stereocenters. The van der Waals surface area contributed by atoms with Crippen molar-refractivity contribution >= 4 is 16.8 Å². The molecule has 2 aromatic rings. The number of carbonyl (C=O) groups is 1. The van der Waals surface area contributed by atoms with Crippen LogP contribution in [0, 0.1) is 0 Å². The number of nitrogens with one attached hydrogen (secondary N) is 1. The molecule has 0 saturated heterocycles. The van der Waals surface area contributed by atoms with Crippen LogP contribution < -0.4 is 16.0 Å². The number of aryl methyl sites for hydroxylation is 1. The van der Waals surface area contributed by atoms with Crippen LogP contribution in [-0.4, -0.2) is 16.6 Å². The first-order valence-corrected chi connectivity index (χ1v) is 7.35.